The molecule has 1 saturated heterocycles. The molecule has 1 heterocycles. The first-order valence-electron chi connectivity index (χ1n) is 6.86. The van der Waals surface area contributed by atoms with E-state index >= 15 is 0 Å². The van der Waals surface area contributed by atoms with Crippen LogP contribution in [0.25, 0.3) is 0 Å². The lowest BCUT2D eigenvalue weighted by Crippen LogP contribution is -2.80. The fraction of sp³-hybridized carbons (Fsp3) is 0.857. The second-order valence-corrected chi connectivity index (χ2v) is 12.4. The van der Waals surface area contributed by atoms with Gasteiger partial charge in [0.25, 0.3) is 0 Å². The van der Waals surface area contributed by atoms with Crippen molar-refractivity contribution < 1.29 is 14.7 Å². The maximum absolute atomic E-state index is 12.4. The lowest BCUT2D eigenvalue weighted by atomic mass is 9.73. The van der Waals surface area contributed by atoms with Gasteiger partial charge in [-0.1, -0.05) is 33.9 Å². The van der Waals surface area contributed by atoms with Crippen LogP contribution in [0.1, 0.15) is 41.0 Å². The zero-order valence-electron chi connectivity index (χ0n) is 13.2. The molecule has 0 aromatic carbocycles. The van der Waals surface area contributed by atoms with Crippen LogP contribution in [0, 0.1) is 5.92 Å². The van der Waals surface area contributed by atoms with Gasteiger partial charge in [-0.25, -0.2) is 0 Å². The number of carbonyl (C=O) groups excluding carboxylic acids is 2. The average molecular weight is 285 g/mol. The SMILES string of the molecule is CC(=O)C1C(=O)N([Si](C)(C)C(C)(C)C)C1(C)CCO. The van der Waals surface area contributed by atoms with Crippen LogP contribution in [0.5, 0.6) is 0 Å². The third-order valence-electron chi connectivity index (χ3n) is 5.02. The number of hydrogen-bond acceptors (Lipinski definition) is 3. The van der Waals surface area contributed by atoms with Crippen LogP contribution in [0.4, 0.5) is 0 Å². The number of aliphatic hydroxyl groups is 1. The quantitative estimate of drug-likeness (QED) is 0.489. The van der Waals surface area contributed by atoms with Crippen molar-refractivity contribution in [2.24, 2.45) is 5.92 Å². The highest BCUT2D eigenvalue weighted by molar-refractivity contribution is 6.80. The monoisotopic (exact) mass is 285 g/mol. The van der Waals surface area contributed by atoms with E-state index in [2.05, 4.69) is 33.9 Å². The molecule has 1 N–H and O–H groups in total. The first kappa shape index (κ1) is 16.4. The van der Waals surface area contributed by atoms with E-state index in [1.54, 1.807) is 0 Å². The van der Waals surface area contributed by atoms with Crippen molar-refractivity contribution in [1.29, 1.82) is 0 Å². The van der Waals surface area contributed by atoms with Crippen LogP contribution in [0.15, 0.2) is 0 Å². The van der Waals surface area contributed by atoms with Crippen LogP contribution in [0.2, 0.25) is 18.1 Å². The number of rotatable bonds is 4. The Labute approximate surface area is 117 Å². The third kappa shape index (κ3) is 2.27. The Kier molecular flexibility index (Phi) is 4.05. The molecule has 1 amide bonds. The summed E-state index contributed by atoms with van der Waals surface area (Å²) in [5.41, 5.74) is -0.513. The van der Waals surface area contributed by atoms with Gasteiger partial charge in [0, 0.05) is 6.61 Å². The van der Waals surface area contributed by atoms with Crippen molar-refractivity contribution in [2.45, 2.75) is 64.7 Å². The highest BCUT2D eigenvalue weighted by Crippen LogP contribution is 2.50. The van der Waals surface area contributed by atoms with Gasteiger partial charge in [0.15, 0.2) is 8.24 Å². The minimum absolute atomic E-state index is 0.00131. The first-order valence-corrected chi connectivity index (χ1v) is 9.81. The molecule has 19 heavy (non-hydrogen) atoms. The number of β-lactam (4-membered cyclic amide) rings is 1. The minimum atomic E-state index is -2.02. The maximum Gasteiger partial charge on any atom is 0.228 e. The summed E-state index contributed by atoms with van der Waals surface area (Å²) in [7, 11) is -2.02. The van der Waals surface area contributed by atoms with Gasteiger partial charge < -0.3 is 9.67 Å². The van der Waals surface area contributed by atoms with Gasteiger partial charge in [0.05, 0.1) is 5.54 Å². The van der Waals surface area contributed by atoms with E-state index in [0.717, 1.165) is 0 Å². The molecule has 0 saturated carbocycles. The van der Waals surface area contributed by atoms with Gasteiger partial charge in [0.1, 0.15) is 11.7 Å². The number of carbonyl (C=O) groups is 2. The molecule has 0 aromatic rings. The van der Waals surface area contributed by atoms with Gasteiger partial charge in [-0.2, -0.15) is 0 Å². The van der Waals surface area contributed by atoms with E-state index in [0.29, 0.717) is 6.42 Å². The number of aliphatic hydroxyl groups excluding tert-OH is 1. The average Bonchev–Trinajstić information content (AvgIpc) is 2.13. The number of nitrogens with zero attached hydrogens (tertiary/aromatic N) is 1. The highest BCUT2D eigenvalue weighted by atomic mass is 28.3. The van der Waals surface area contributed by atoms with Crippen LogP contribution < -0.4 is 0 Å². The second kappa shape index (κ2) is 4.70. The molecule has 2 unspecified atom stereocenters. The summed E-state index contributed by atoms with van der Waals surface area (Å²) in [6.45, 7) is 14.2. The third-order valence-corrected chi connectivity index (χ3v) is 10.5. The predicted molar refractivity (Wildman–Crippen MR) is 78.3 cm³/mol. The maximum atomic E-state index is 12.4. The van der Waals surface area contributed by atoms with Crippen molar-refractivity contribution in [1.82, 2.24) is 4.57 Å². The highest BCUT2D eigenvalue weighted by Gasteiger charge is 2.64. The van der Waals surface area contributed by atoms with E-state index in [1.165, 1.54) is 6.92 Å². The Morgan fingerprint density at radius 1 is 1.42 bits per heavy atom. The smallest absolute Gasteiger partial charge is 0.228 e. The number of hydrogen-bond donors (Lipinski definition) is 1. The molecular weight excluding hydrogens is 258 g/mol. The van der Waals surface area contributed by atoms with E-state index in [1.807, 2.05) is 11.5 Å². The van der Waals surface area contributed by atoms with Crippen molar-refractivity contribution in [3.05, 3.63) is 0 Å². The fourth-order valence-electron chi connectivity index (χ4n) is 3.05. The molecule has 1 fully saturated rings. The second-order valence-electron chi connectivity index (χ2n) is 7.36. The molecule has 110 valence electrons. The summed E-state index contributed by atoms with van der Waals surface area (Å²) >= 11 is 0. The summed E-state index contributed by atoms with van der Waals surface area (Å²) < 4.78 is 1.95. The standard InChI is InChI=1S/C14H27NO3Si/c1-10(17)11-12(18)15(14(11,5)8-9-16)19(6,7)13(2,3)4/h11,16H,8-9H2,1-7H3. The van der Waals surface area contributed by atoms with E-state index in [4.69, 9.17) is 0 Å². The molecule has 1 rings (SSSR count). The van der Waals surface area contributed by atoms with Crippen molar-refractivity contribution in [2.75, 3.05) is 6.61 Å². The van der Waals surface area contributed by atoms with Gasteiger partial charge in [-0.05, 0) is 25.3 Å². The van der Waals surface area contributed by atoms with Crippen molar-refractivity contribution >= 4 is 19.9 Å². The lowest BCUT2D eigenvalue weighted by molar-refractivity contribution is -0.164. The Balaban J connectivity index is 3.22. The Hall–Kier alpha value is -0.683. The summed E-state index contributed by atoms with van der Waals surface area (Å²) in [4.78, 5) is 24.2. The number of amides is 1. The summed E-state index contributed by atoms with van der Waals surface area (Å²) in [6, 6.07) is 0. The van der Waals surface area contributed by atoms with E-state index in [-0.39, 0.29) is 23.3 Å². The van der Waals surface area contributed by atoms with Crippen LogP contribution in [-0.4, -0.2) is 41.7 Å². The molecule has 5 heteroatoms. The number of Topliss-reactive ketones (excluding diaryl/α,β-unsaturated/α-hetero) is 1. The van der Waals surface area contributed by atoms with Gasteiger partial charge in [-0.15, -0.1) is 0 Å². The van der Waals surface area contributed by atoms with Crippen LogP contribution in [0.3, 0.4) is 0 Å². The van der Waals surface area contributed by atoms with E-state index < -0.39 is 19.7 Å². The van der Waals surface area contributed by atoms with Gasteiger partial charge >= 0.3 is 0 Å². The minimum Gasteiger partial charge on any atom is -0.396 e. The van der Waals surface area contributed by atoms with E-state index in [9.17, 15) is 14.7 Å². The van der Waals surface area contributed by atoms with Crippen LogP contribution in [-0.2, 0) is 9.59 Å². The molecule has 0 aliphatic carbocycles. The lowest BCUT2D eigenvalue weighted by Gasteiger charge is -2.64. The van der Waals surface area contributed by atoms with Gasteiger partial charge in [0.2, 0.25) is 5.91 Å². The fourth-order valence-corrected chi connectivity index (χ4v) is 5.92. The summed E-state index contributed by atoms with van der Waals surface area (Å²) in [5, 5.41) is 9.33. The normalized spacial score (nSPS) is 28.3. The molecule has 1 aliphatic rings. The molecule has 0 aromatic heterocycles. The molecule has 0 spiro atoms. The summed E-state index contributed by atoms with van der Waals surface area (Å²) in [5.74, 6) is -0.709. The molecule has 4 nitrogen and oxygen atoms in total. The van der Waals surface area contributed by atoms with Crippen molar-refractivity contribution in [3.8, 4) is 0 Å². The Bertz CT molecular complexity index is 400. The summed E-state index contributed by atoms with van der Waals surface area (Å²) in [6.07, 6.45) is 0.468. The van der Waals surface area contributed by atoms with Crippen LogP contribution >= 0.6 is 0 Å². The predicted octanol–water partition coefficient (Wildman–Crippen LogP) is 2.18. The zero-order valence-corrected chi connectivity index (χ0v) is 14.2. The van der Waals surface area contributed by atoms with Crippen molar-refractivity contribution in [3.63, 3.8) is 0 Å². The molecule has 2 atom stereocenters. The molecule has 0 bridgehead atoms. The first-order chi connectivity index (χ1) is 8.41. The molecule has 1 aliphatic heterocycles. The Morgan fingerprint density at radius 3 is 2.21 bits per heavy atom. The Morgan fingerprint density at radius 2 is 1.89 bits per heavy atom. The number of ketones is 1. The topological polar surface area (TPSA) is 57.6 Å². The molecule has 0 radical (unpaired) electrons. The van der Waals surface area contributed by atoms with Gasteiger partial charge in [-0.3, -0.25) is 9.59 Å². The zero-order chi connectivity index (χ0) is 15.2. The largest absolute Gasteiger partial charge is 0.396 e. The molecular formula is C14H27NO3Si.